The second-order valence-corrected chi connectivity index (χ2v) is 8.35. The molecule has 2 rings (SSSR count). The van der Waals surface area contributed by atoms with E-state index in [-0.39, 0.29) is 17.3 Å². The van der Waals surface area contributed by atoms with E-state index in [9.17, 15) is 13.2 Å². The molecule has 0 N–H and O–H groups in total. The Morgan fingerprint density at radius 1 is 1.17 bits per heavy atom. The first-order valence-corrected chi connectivity index (χ1v) is 9.74. The molecule has 0 heterocycles. The Morgan fingerprint density at radius 2 is 1.83 bits per heavy atom. The lowest BCUT2D eigenvalue weighted by molar-refractivity contribution is 0.103. The van der Waals surface area contributed by atoms with Gasteiger partial charge in [0.05, 0.1) is 5.75 Å². The minimum Gasteiger partial charge on any atom is -0.289 e. The molecule has 0 saturated heterocycles. The van der Waals surface area contributed by atoms with Crippen LogP contribution in [0.25, 0.3) is 6.08 Å². The summed E-state index contributed by atoms with van der Waals surface area (Å²) in [7, 11) is -3.10. The Labute approximate surface area is 145 Å². The van der Waals surface area contributed by atoms with Gasteiger partial charge in [-0.2, -0.15) is 0 Å². The molecule has 0 bridgehead atoms. The number of rotatable bonds is 6. The average molecular weight is 393 g/mol. The highest BCUT2D eigenvalue weighted by Crippen LogP contribution is 2.23. The van der Waals surface area contributed by atoms with E-state index in [0.29, 0.717) is 21.2 Å². The number of carbonyl (C=O) groups excluding carboxylic acids is 1. The lowest BCUT2D eigenvalue weighted by Crippen LogP contribution is -2.08. The number of hydrogen-bond acceptors (Lipinski definition) is 3. The zero-order valence-electron chi connectivity index (χ0n) is 12.8. The van der Waals surface area contributed by atoms with Crippen molar-refractivity contribution in [2.24, 2.45) is 0 Å². The molecule has 0 amide bonds. The zero-order chi connectivity index (χ0) is 17.0. The van der Waals surface area contributed by atoms with Gasteiger partial charge in [-0.1, -0.05) is 65.8 Å². The molecule has 120 valence electrons. The molecule has 3 nitrogen and oxygen atoms in total. The summed E-state index contributed by atoms with van der Waals surface area (Å²) in [5.41, 5.74) is 2.69. The van der Waals surface area contributed by atoms with Crippen molar-refractivity contribution in [2.45, 2.75) is 12.7 Å². The summed E-state index contributed by atoms with van der Waals surface area (Å²) in [5.74, 6) is -0.0386. The molecule has 0 aliphatic heterocycles. The van der Waals surface area contributed by atoms with E-state index in [4.69, 9.17) is 0 Å². The van der Waals surface area contributed by atoms with Gasteiger partial charge in [0.15, 0.2) is 15.6 Å². The highest BCUT2D eigenvalue weighted by molar-refractivity contribution is 9.10. The molecular weight excluding hydrogens is 376 g/mol. The number of benzene rings is 2. The largest absolute Gasteiger partial charge is 0.289 e. The maximum absolute atomic E-state index is 12.5. The molecule has 0 aliphatic rings. The van der Waals surface area contributed by atoms with Crippen molar-refractivity contribution in [1.29, 1.82) is 0 Å². The normalized spacial score (nSPS) is 11.2. The Morgan fingerprint density at radius 3 is 2.35 bits per heavy atom. The van der Waals surface area contributed by atoms with Crippen LogP contribution in [0.15, 0.2) is 53.5 Å². The van der Waals surface area contributed by atoms with Crippen LogP contribution >= 0.6 is 15.9 Å². The van der Waals surface area contributed by atoms with Gasteiger partial charge in [-0.25, -0.2) is 8.42 Å². The summed E-state index contributed by atoms with van der Waals surface area (Å²) in [4.78, 5) is 12.5. The first kappa shape index (κ1) is 17.6. The van der Waals surface area contributed by atoms with E-state index in [1.54, 1.807) is 43.3 Å². The van der Waals surface area contributed by atoms with Gasteiger partial charge in [0.2, 0.25) is 0 Å². The number of carbonyl (C=O) groups is 1. The van der Waals surface area contributed by atoms with Gasteiger partial charge < -0.3 is 0 Å². The maximum atomic E-state index is 12.5. The third-order valence-electron chi connectivity index (χ3n) is 3.51. The summed E-state index contributed by atoms with van der Waals surface area (Å²) >= 11 is 3.37. The van der Waals surface area contributed by atoms with Crippen LogP contribution in [0, 0.1) is 0 Å². The van der Waals surface area contributed by atoms with Crippen molar-refractivity contribution in [2.75, 3.05) is 5.75 Å². The fourth-order valence-corrected chi connectivity index (χ4v) is 3.61. The predicted molar refractivity (Wildman–Crippen MR) is 97.3 cm³/mol. The van der Waals surface area contributed by atoms with Gasteiger partial charge in [0.1, 0.15) is 0 Å². The number of halogens is 1. The van der Waals surface area contributed by atoms with Crippen LogP contribution in [-0.4, -0.2) is 20.0 Å². The Hall–Kier alpha value is -1.72. The summed E-state index contributed by atoms with van der Waals surface area (Å²) in [6.45, 7) is 5.30. The van der Waals surface area contributed by atoms with E-state index in [1.807, 2.05) is 12.1 Å². The number of ketones is 1. The first-order chi connectivity index (χ1) is 10.9. The molecular formula is C18H17BrO3S. The Kier molecular flexibility index (Phi) is 5.55. The SMILES string of the molecule is C=Cc1ccc(C(=O)c2ccc(CS(=O)(=O)CC)cc2Br)cc1. The quantitative estimate of drug-likeness (QED) is 0.690. The molecule has 0 spiro atoms. The molecule has 0 aromatic heterocycles. The van der Waals surface area contributed by atoms with Crippen LogP contribution in [0.4, 0.5) is 0 Å². The van der Waals surface area contributed by atoms with Crippen molar-refractivity contribution in [1.82, 2.24) is 0 Å². The van der Waals surface area contributed by atoms with Gasteiger partial charge in [0.25, 0.3) is 0 Å². The van der Waals surface area contributed by atoms with E-state index in [0.717, 1.165) is 5.56 Å². The third kappa shape index (κ3) is 4.39. The van der Waals surface area contributed by atoms with Crippen LogP contribution in [-0.2, 0) is 15.6 Å². The predicted octanol–water partition coefficient (Wildman–Crippen LogP) is 4.26. The minimum atomic E-state index is -3.10. The summed E-state index contributed by atoms with van der Waals surface area (Å²) in [5, 5.41) is 0. The monoisotopic (exact) mass is 392 g/mol. The van der Waals surface area contributed by atoms with Crippen LogP contribution < -0.4 is 0 Å². The van der Waals surface area contributed by atoms with E-state index < -0.39 is 9.84 Å². The van der Waals surface area contributed by atoms with Crippen LogP contribution in [0.5, 0.6) is 0 Å². The first-order valence-electron chi connectivity index (χ1n) is 7.12. The molecule has 23 heavy (non-hydrogen) atoms. The fraction of sp³-hybridized carbons (Fsp3) is 0.167. The van der Waals surface area contributed by atoms with Gasteiger partial charge in [-0.15, -0.1) is 0 Å². The molecule has 5 heteroatoms. The van der Waals surface area contributed by atoms with E-state index in [2.05, 4.69) is 22.5 Å². The van der Waals surface area contributed by atoms with Gasteiger partial charge in [0, 0.05) is 21.4 Å². The maximum Gasteiger partial charge on any atom is 0.194 e. The van der Waals surface area contributed by atoms with Crippen LogP contribution in [0.1, 0.15) is 34.0 Å². The average Bonchev–Trinajstić information content (AvgIpc) is 2.54. The van der Waals surface area contributed by atoms with Crippen molar-refractivity contribution >= 4 is 37.6 Å². The van der Waals surface area contributed by atoms with Crippen LogP contribution in [0.3, 0.4) is 0 Å². The molecule has 0 atom stereocenters. The molecule has 0 aliphatic carbocycles. The molecule has 2 aromatic rings. The standard InChI is InChI=1S/C18H17BrO3S/c1-3-13-5-8-15(9-6-13)18(20)16-10-7-14(11-17(16)19)12-23(21,22)4-2/h3,5-11H,1,4,12H2,2H3. The Bertz CT molecular complexity index is 837. The smallest absolute Gasteiger partial charge is 0.194 e. The number of hydrogen-bond donors (Lipinski definition) is 0. The van der Waals surface area contributed by atoms with Gasteiger partial charge >= 0.3 is 0 Å². The summed E-state index contributed by atoms with van der Waals surface area (Å²) < 4.78 is 24.0. The van der Waals surface area contributed by atoms with Crippen molar-refractivity contribution < 1.29 is 13.2 Å². The molecule has 2 aromatic carbocycles. The van der Waals surface area contributed by atoms with Crippen molar-refractivity contribution in [3.05, 3.63) is 75.8 Å². The van der Waals surface area contributed by atoms with Crippen molar-refractivity contribution in [3.8, 4) is 0 Å². The topological polar surface area (TPSA) is 51.2 Å². The molecule has 0 fully saturated rings. The van der Waals surface area contributed by atoms with Crippen molar-refractivity contribution in [3.63, 3.8) is 0 Å². The molecule has 0 radical (unpaired) electrons. The minimum absolute atomic E-state index is 0.0232. The second kappa shape index (κ2) is 7.23. The lowest BCUT2D eigenvalue weighted by Gasteiger charge is -2.08. The van der Waals surface area contributed by atoms with E-state index in [1.165, 1.54) is 0 Å². The summed E-state index contributed by atoms with van der Waals surface area (Å²) in [6.07, 6.45) is 1.72. The van der Waals surface area contributed by atoms with E-state index >= 15 is 0 Å². The Balaban J connectivity index is 2.29. The van der Waals surface area contributed by atoms with Gasteiger partial charge in [-0.05, 0) is 23.3 Å². The van der Waals surface area contributed by atoms with Crippen LogP contribution in [0.2, 0.25) is 0 Å². The lowest BCUT2D eigenvalue weighted by atomic mass is 10.0. The highest BCUT2D eigenvalue weighted by Gasteiger charge is 2.15. The second-order valence-electron chi connectivity index (χ2n) is 5.15. The molecule has 0 unspecified atom stereocenters. The zero-order valence-corrected chi connectivity index (χ0v) is 15.2. The fourth-order valence-electron chi connectivity index (χ4n) is 2.11. The molecule has 0 saturated carbocycles. The number of sulfone groups is 1. The third-order valence-corrected chi connectivity index (χ3v) is 5.82. The summed E-state index contributed by atoms with van der Waals surface area (Å²) in [6, 6.07) is 12.2. The van der Waals surface area contributed by atoms with Gasteiger partial charge in [-0.3, -0.25) is 4.79 Å². The highest BCUT2D eigenvalue weighted by atomic mass is 79.9.